The fraction of sp³-hybridized carbons (Fsp3) is 0.429. The van der Waals surface area contributed by atoms with Crippen LogP contribution < -0.4 is 5.73 Å². The van der Waals surface area contributed by atoms with E-state index in [-0.39, 0.29) is 0 Å². The average Bonchev–Trinajstić information content (AvgIpc) is 2.61. The van der Waals surface area contributed by atoms with Gasteiger partial charge < -0.3 is 15.2 Å². The van der Waals surface area contributed by atoms with Crippen molar-refractivity contribution in [3.63, 3.8) is 0 Å². The van der Waals surface area contributed by atoms with E-state index in [0.717, 1.165) is 29.9 Å². The number of hydrogen-bond acceptors (Lipinski definition) is 2. The second-order valence-corrected chi connectivity index (χ2v) is 5.09. The SMILES string of the molecule is Cc1ccc2c(c1)nc(CN=C(N)N1CCC1)n2C. The number of aryl methyl sites for hydroxylation is 2. The lowest BCUT2D eigenvalue weighted by Crippen LogP contribution is -2.46. The van der Waals surface area contributed by atoms with E-state index in [2.05, 4.69) is 44.6 Å². The Morgan fingerprint density at radius 1 is 1.42 bits per heavy atom. The number of likely N-dealkylation sites (tertiary alicyclic amines) is 1. The van der Waals surface area contributed by atoms with Gasteiger partial charge in [0.05, 0.1) is 11.0 Å². The van der Waals surface area contributed by atoms with Gasteiger partial charge in [-0.3, -0.25) is 0 Å². The Kier molecular flexibility index (Phi) is 2.89. The molecule has 0 amide bonds. The van der Waals surface area contributed by atoms with E-state index in [9.17, 15) is 0 Å². The van der Waals surface area contributed by atoms with Crippen LogP contribution >= 0.6 is 0 Å². The highest BCUT2D eigenvalue weighted by molar-refractivity contribution is 5.79. The molecule has 5 nitrogen and oxygen atoms in total. The number of hydrogen-bond donors (Lipinski definition) is 1. The monoisotopic (exact) mass is 257 g/mol. The highest BCUT2D eigenvalue weighted by atomic mass is 15.3. The van der Waals surface area contributed by atoms with E-state index < -0.39 is 0 Å². The molecule has 1 fully saturated rings. The van der Waals surface area contributed by atoms with Gasteiger partial charge in [-0.1, -0.05) is 6.07 Å². The molecular weight excluding hydrogens is 238 g/mol. The molecule has 5 heteroatoms. The number of fused-ring (bicyclic) bond motifs is 1. The van der Waals surface area contributed by atoms with Gasteiger partial charge in [-0.2, -0.15) is 0 Å². The molecule has 1 aliphatic heterocycles. The van der Waals surface area contributed by atoms with E-state index in [0.29, 0.717) is 12.5 Å². The van der Waals surface area contributed by atoms with Crippen LogP contribution in [0.5, 0.6) is 0 Å². The summed E-state index contributed by atoms with van der Waals surface area (Å²) in [7, 11) is 2.02. The predicted octanol–water partition coefficient (Wildman–Crippen LogP) is 1.40. The molecule has 0 bridgehead atoms. The second kappa shape index (κ2) is 4.57. The maximum atomic E-state index is 5.93. The maximum Gasteiger partial charge on any atom is 0.191 e. The summed E-state index contributed by atoms with van der Waals surface area (Å²) in [4.78, 5) is 11.2. The number of aliphatic imine (C=N–C) groups is 1. The van der Waals surface area contributed by atoms with Crippen molar-refractivity contribution >= 4 is 17.0 Å². The van der Waals surface area contributed by atoms with Crippen LogP contribution in [0, 0.1) is 6.92 Å². The Morgan fingerprint density at radius 3 is 2.89 bits per heavy atom. The number of benzene rings is 1. The van der Waals surface area contributed by atoms with Crippen molar-refractivity contribution in [1.82, 2.24) is 14.5 Å². The van der Waals surface area contributed by atoms with E-state index in [1.165, 1.54) is 12.0 Å². The van der Waals surface area contributed by atoms with Gasteiger partial charge >= 0.3 is 0 Å². The molecular formula is C14H19N5. The van der Waals surface area contributed by atoms with Gasteiger partial charge in [-0.15, -0.1) is 0 Å². The molecule has 0 unspecified atom stereocenters. The standard InChI is InChI=1S/C14H19N5/c1-10-4-5-12-11(8-10)17-13(18(12)2)9-16-14(15)19-6-3-7-19/h4-5,8H,3,6-7,9H2,1-2H3,(H2,15,16). The molecule has 2 aromatic rings. The number of nitrogens with two attached hydrogens (primary N) is 1. The van der Waals surface area contributed by atoms with Crippen LogP contribution in [0.2, 0.25) is 0 Å². The Hall–Kier alpha value is -2.04. The van der Waals surface area contributed by atoms with Crippen molar-refractivity contribution in [3.8, 4) is 0 Å². The topological polar surface area (TPSA) is 59.4 Å². The third kappa shape index (κ3) is 2.16. The van der Waals surface area contributed by atoms with Crippen LogP contribution in [0.1, 0.15) is 17.8 Å². The van der Waals surface area contributed by atoms with Gasteiger partial charge in [0.1, 0.15) is 12.4 Å². The molecule has 1 aliphatic rings. The summed E-state index contributed by atoms with van der Waals surface area (Å²) in [5.74, 6) is 1.58. The van der Waals surface area contributed by atoms with Crippen molar-refractivity contribution < 1.29 is 0 Å². The van der Waals surface area contributed by atoms with Crippen LogP contribution in [-0.4, -0.2) is 33.5 Å². The van der Waals surface area contributed by atoms with Crippen LogP contribution in [0.4, 0.5) is 0 Å². The van der Waals surface area contributed by atoms with Crippen molar-refractivity contribution in [2.75, 3.05) is 13.1 Å². The first-order valence-corrected chi connectivity index (χ1v) is 6.62. The van der Waals surface area contributed by atoms with Crippen molar-refractivity contribution in [2.24, 2.45) is 17.8 Å². The third-order valence-electron chi connectivity index (χ3n) is 3.69. The summed E-state index contributed by atoms with van der Waals surface area (Å²) in [6.45, 7) is 4.66. The maximum absolute atomic E-state index is 5.93. The quantitative estimate of drug-likeness (QED) is 0.653. The lowest BCUT2D eigenvalue weighted by Gasteiger charge is -2.31. The van der Waals surface area contributed by atoms with Crippen molar-refractivity contribution in [2.45, 2.75) is 19.9 Å². The summed E-state index contributed by atoms with van der Waals surface area (Å²) in [5.41, 5.74) is 9.32. The Labute approximate surface area is 112 Å². The highest BCUT2D eigenvalue weighted by Gasteiger charge is 2.15. The van der Waals surface area contributed by atoms with E-state index in [1.807, 2.05) is 7.05 Å². The fourth-order valence-corrected chi connectivity index (χ4v) is 2.30. The number of aromatic nitrogens is 2. The minimum absolute atomic E-state index is 0.534. The Morgan fingerprint density at radius 2 is 2.21 bits per heavy atom. The zero-order valence-corrected chi connectivity index (χ0v) is 11.4. The number of nitrogens with zero attached hydrogens (tertiary/aromatic N) is 4. The lowest BCUT2D eigenvalue weighted by atomic mass is 10.2. The molecule has 0 spiro atoms. The van der Waals surface area contributed by atoms with Gasteiger partial charge in [-0.25, -0.2) is 9.98 Å². The van der Waals surface area contributed by atoms with Gasteiger partial charge in [0.25, 0.3) is 0 Å². The summed E-state index contributed by atoms with van der Waals surface area (Å²) in [6.07, 6.45) is 1.21. The number of imidazole rings is 1. The fourth-order valence-electron chi connectivity index (χ4n) is 2.30. The Bertz CT molecular complexity index is 637. The average molecular weight is 257 g/mol. The summed E-state index contributed by atoms with van der Waals surface area (Å²) in [6, 6.07) is 6.30. The van der Waals surface area contributed by atoms with Crippen molar-refractivity contribution in [1.29, 1.82) is 0 Å². The van der Waals surface area contributed by atoms with Crippen LogP contribution in [0.15, 0.2) is 23.2 Å². The zero-order chi connectivity index (χ0) is 13.4. The molecule has 100 valence electrons. The minimum Gasteiger partial charge on any atom is -0.370 e. The molecule has 1 aromatic heterocycles. The molecule has 0 aliphatic carbocycles. The summed E-state index contributed by atoms with van der Waals surface area (Å²) < 4.78 is 2.08. The van der Waals surface area contributed by atoms with Crippen LogP contribution in [-0.2, 0) is 13.6 Å². The third-order valence-corrected chi connectivity index (χ3v) is 3.69. The first-order chi connectivity index (χ1) is 9.15. The van der Waals surface area contributed by atoms with Crippen LogP contribution in [0.3, 0.4) is 0 Å². The Balaban J connectivity index is 1.86. The first-order valence-electron chi connectivity index (χ1n) is 6.62. The van der Waals surface area contributed by atoms with Crippen LogP contribution in [0.25, 0.3) is 11.0 Å². The molecule has 0 radical (unpaired) electrons. The largest absolute Gasteiger partial charge is 0.370 e. The second-order valence-electron chi connectivity index (χ2n) is 5.09. The van der Waals surface area contributed by atoms with E-state index >= 15 is 0 Å². The molecule has 1 aromatic carbocycles. The molecule has 0 atom stereocenters. The van der Waals surface area contributed by atoms with E-state index in [4.69, 9.17) is 5.73 Å². The molecule has 2 N–H and O–H groups in total. The minimum atomic E-state index is 0.534. The van der Waals surface area contributed by atoms with Gasteiger partial charge in [0, 0.05) is 20.1 Å². The lowest BCUT2D eigenvalue weighted by molar-refractivity contribution is 0.295. The number of rotatable bonds is 2. The summed E-state index contributed by atoms with van der Waals surface area (Å²) >= 11 is 0. The van der Waals surface area contributed by atoms with Gasteiger partial charge in [0.15, 0.2) is 5.96 Å². The summed E-state index contributed by atoms with van der Waals surface area (Å²) in [5, 5.41) is 0. The van der Waals surface area contributed by atoms with Gasteiger partial charge in [0.2, 0.25) is 0 Å². The molecule has 1 saturated heterocycles. The van der Waals surface area contributed by atoms with Gasteiger partial charge in [-0.05, 0) is 31.0 Å². The zero-order valence-electron chi connectivity index (χ0n) is 11.4. The molecule has 19 heavy (non-hydrogen) atoms. The smallest absolute Gasteiger partial charge is 0.191 e. The molecule has 0 saturated carbocycles. The van der Waals surface area contributed by atoms with E-state index in [1.54, 1.807) is 0 Å². The highest BCUT2D eigenvalue weighted by Crippen LogP contribution is 2.17. The molecule has 2 heterocycles. The predicted molar refractivity (Wildman–Crippen MR) is 77.0 cm³/mol. The molecule has 3 rings (SSSR count). The number of guanidine groups is 1. The van der Waals surface area contributed by atoms with Crippen molar-refractivity contribution in [3.05, 3.63) is 29.6 Å². The first kappa shape index (κ1) is 12.0. The normalized spacial score (nSPS) is 15.9.